The zero-order valence-electron chi connectivity index (χ0n) is 7.83. The third-order valence-corrected chi connectivity index (χ3v) is 2.64. The molecule has 0 aliphatic heterocycles. The van der Waals surface area contributed by atoms with Gasteiger partial charge in [0, 0.05) is 11.0 Å². The van der Waals surface area contributed by atoms with Crippen molar-refractivity contribution in [1.82, 2.24) is 0 Å². The highest BCUT2D eigenvalue weighted by molar-refractivity contribution is 9.09. The molecule has 0 unspecified atom stereocenters. The van der Waals surface area contributed by atoms with Crippen molar-refractivity contribution >= 4 is 31.6 Å². The first-order valence-electron chi connectivity index (χ1n) is 4.14. The molecule has 78 valence electrons. The Morgan fingerprint density at radius 1 is 1.29 bits per heavy atom. The van der Waals surface area contributed by atoms with Gasteiger partial charge in [-0.15, -0.1) is 0 Å². The molecule has 5 heteroatoms. The Kier molecular flexibility index (Phi) is 3.95. The molecule has 0 atom stereocenters. The Hall–Kier alpha value is -0.550. The monoisotopic (exact) mass is 277 g/mol. The molecule has 0 radical (unpaired) electrons. The van der Waals surface area contributed by atoms with E-state index in [-0.39, 0.29) is 0 Å². The summed E-state index contributed by atoms with van der Waals surface area (Å²) in [6.07, 6.45) is 2.08. The van der Waals surface area contributed by atoms with E-state index in [2.05, 4.69) is 20.7 Å². The van der Waals surface area contributed by atoms with E-state index in [9.17, 15) is 8.42 Å². The Balaban J connectivity index is 2.74. The van der Waals surface area contributed by atoms with Crippen LogP contribution in [0, 0.1) is 0 Å². The van der Waals surface area contributed by atoms with Crippen molar-refractivity contribution in [2.75, 3.05) is 16.3 Å². The number of hydrogen-bond donors (Lipinski definition) is 1. The van der Waals surface area contributed by atoms with Crippen molar-refractivity contribution in [3.8, 4) is 0 Å². The summed E-state index contributed by atoms with van der Waals surface area (Å²) >= 11 is 3.34. The maximum Gasteiger partial charge on any atom is 0.229 e. The Bertz CT molecular complexity index is 386. The molecule has 0 bridgehead atoms. The normalized spacial score (nSPS) is 11.3. The highest BCUT2D eigenvalue weighted by Crippen LogP contribution is 2.11. The Morgan fingerprint density at radius 2 is 1.86 bits per heavy atom. The van der Waals surface area contributed by atoms with Gasteiger partial charge in [-0.05, 0) is 24.1 Å². The minimum absolute atomic E-state index is 0.603. The van der Waals surface area contributed by atoms with E-state index in [4.69, 9.17) is 0 Å². The van der Waals surface area contributed by atoms with Crippen molar-refractivity contribution < 1.29 is 8.42 Å². The lowest BCUT2D eigenvalue weighted by atomic mass is 10.2. The number of anilines is 1. The van der Waals surface area contributed by atoms with Crippen LogP contribution in [0.1, 0.15) is 5.56 Å². The molecule has 14 heavy (non-hydrogen) atoms. The van der Waals surface area contributed by atoms with Gasteiger partial charge in [0.1, 0.15) is 0 Å². The van der Waals surface area contributed by atoms with Crippen LogP contribution < -0.4 is 4.72 Å². The standard InChI is InChI=1S/C9H12BrNO2S/c1-14(12,13)11-9-4-2-8(3-5-9)6-7-10/h2-5,11H,6-7H2,1H3. The second-order valence-electron chi connectivity index (χ2n) is 3.01. The molecule has 1 aromatic carbocycles. The van der Waals surface area contributed by atoms with Crippen molar-refractivity contribution in [3.63, 3.8) is 0 Å². The van der Waals surface area contributed by atoms with Gasteiger partial charge in [0.25, 0.3) is 0 Å². The molecule has 0 saturated heterocycles. The topological polar surface area (TPSA) is 46.2 Å². The van der Waals surface area contributed by atoms with Crippen molar-refractivity contribution in [1.29, 1.82) is 0 Å². The molecular formula is C9H12BrNO2S. The molecule has 0 heterocycles. The zero-order chi connectivity index (χ0) is 10.6. The minimum Gasteiger partial charge on any atom is -0.284 e. The van der Waals surface area contributed by atoms with E-state index in [1.165, 1.54) is 5.56 Å². The molecule has 0 spiro atoms. The summed E-state index contributed by atoms with van der Waals surface area (Å²) < 4.78 is 24.2. The highest BCUT2D eigenvalue weighted by atomic mass is 79.9. The van der Waals surface area contributed by atoms with Crippen LogP contribution in [0.5, 0.6) is 0 Å². The first-order chi connectivity index (χ1) is 6.51. The second-order valence-corrected chi connectivity index (χ2v) is 5.55. The molecule has 0 aliphatic carbocycles. The summed E-state index contributed by atoms with van der Waals surface area (Å²) in [6, 6.07) is 7.35. The van der Waals surface area contributed by atoms with Crippen molar-refractivity contribution in [2.45, 2.75) is 6.42 Å². The fourth-order valence-corrected chi connectivity index (χ4v) is 2.08. The van der Waals surface area contributed by atoms with E-state index < -0.39 is 10.0 Å². The van der Waals surface area contributed by atoms with Crippen LogP contribution in [0.25, 0.3) is 0 Å². The number of halogens is 1. The van der Waals surface area contributed by atoms with E-state index in [1.54, 1.807) is 12.1 Å². The number of benzene rings is 1. The molecule has 0 fully saturated rings. The molecule has 3 nitrogen and oxygen atoms in total. The average Bonchev–Trinajstić information content (AvgIpc) is 2.06. The lowest BCUT2D eigenvalue weighted by Crippen LogP contribution is -2.09. The molecule has 0 saturated carbocycles. The van der Waals surface area contributed by atoms with Gasteiger partial charge >= 0.3 is 0 Å². The van der Waals surface area contributed by atoms with Gasteiger partial charge in [0.2, 0.25) is 10.0 Å². The number of sulfonamides is 1. The summed E-state index contributed by atoms with van der Waals surface area (Å²) in [5.74, 6) is 0. The smallest absolute Gasteiger partial charge is 0.229 e. The average molecular weight is 278 g/mol. The summed E-state index contributed by atoms with van der Waals surface area (Å²) in [6.45, 7) is 0. The third-order valence-electron chi connectivity index (χ3n) is 1.64. The Morgan fingerprint density at radius 3 is 2.29 bits per heavy atom. The number of nitrogens with one attached hydrogen (secondary N) is 1. The van der Waals surface area contributed by atoms with Crippen LogP contribution in [0.15, 0.2) is 24.3 Å². The van der Waals surface area contributed by atoms with Crippen LogP contribution >= 0.6 is 15.9 Å². The van der Waals surface area contributed by atoms with Gasteiger partial charge in [0.05, 0.1) is 6.26 Å². The molecule has 1 rings (SSSR count). The molecule has 1 N–H and O–H groups in total. The molecule has 0 aromatic heterocycles. The first-order valence-corrected chi connectivity index (χ1v) is 7.15. The van der Waals surface area contributed by atoms with Crippen molar-refractivity contribution in [2.24, 2.45) is 0 Å². The van der Waals surface area contributed by atoms with Crippen LogP contribution in [-0.2, 0) is 16.4 Å². The van der Waals surface area contributed by atoms with E-state index in [0.29, 0.717) is 5.69 Å². The van der Waals surface area contributed by atoms with Gasteiger partial charge in [-0.25, -0.2) is 8.42 Å². The largest absolute Gasteiger partial charge is 0.284 e. The first kappa shape index (κ1) is 11.5. The maximum absolute atomic E-state index is 10.9. The van der Waals surface area contributed by atoms with Gasteiger partial charge in [-0.3, -0.25) is 4.72 Å². The minimum atomic E-state index is -3.16. The van der Waals surface area contributed by atoms with Crippen LogP contribution in [0.3, 0.4) is 0 Å². The summed E-state index contributed by atoms with van der Waals surface area (Å²) in [4.78, 5) is 0. The highest BCUT2D eigenvalue weighted by Gasteiger charge is 2.00. The Labute approximate surface area is 92.7 Å². The quantitative estimate of drug-likeness (QED) is 0.856. The fourth-order valence-electron chi connectivity index (χ4n) is 1.06. The zero-order valence-corrected chi connectivity index (χ0v) is 10.2. The van der Waals surface area contributed by atoms with Gasteiger partial charge in [-0.1, -0.05) is 28.1 Å². The summed E-state index contributed by atoms with van der Waals surface area (Å²) in [7, 11) is -3.16. The predicted molar refractivity (Wildman–Crippen MR) is 62.4 cm³/mol. The van der Waals surface area contributed by atoms with Crippen molar-refractivity contribution in [3.05, 3.63) is 29.8 Å². The molecule has 0 amide bonds. The summed E-state index contributed by atoms with van der Waals surface area (Å²) in [5, 5.41) is 0.909. The van der Waals surface area contributed by atoms with Gasteiger partial charge < -0.3 is 0 Å². The number of aryl methyl sites for hydroxylation is 1. The van der Waals surface area contributed by atoms with E-state index in [1.807, 2.05) is 12.1 Å². The second kappa shape index (κ2) is 4.79. The van der Waals surface area contributed by atoms with E-state index in [0.717, 1.165) is 18.0 Å². The lowest BCUT2D eigenvalue weighted by Gasteiger charge is -2.04. The SMILES string of the molecule is CS(=O)(=O)Nc1ccc(CCBr)cc1. The van der Waals surface area contributed by atoms with Crippen LogP contribution in [0.2, 0.25) is 0 Å². The van der Waals surface area contributed by atoms with Crippen LogP contribution in [0.4, 0.5) is 5.69 Å². The fraction of sp³-hybridized carbons (Fsp3) is 0.333. The number of alkyl halides is 1. The van der Waals surface area contributed by atoms with Crippen LogP contribution in [-0.4, -0.2) is 20.0 Å². The molecule has 0 aliphatic rings. The number of hydrogen-bond acceptors (Lipinski definition) is 2. The maximum atomic E-state index is 10.9. The summed E-state index contributed by atoms with van der Waals surface area (Å²) in [5.41, 5.74) is 1.78. The molecular weight excluding hydrogens is 266 g/mol. The van der Waals surface area contributed by atoms with Gasteiger partial charge in [0.15, 0.2) is 0 Å². The van der Waals surface area contributed by atoms with Gasteiger partial charge in [-0.2, -0.15) is 0 Å². The molecule has 1 aromatic rings. The lowest BCUT2D eigenvalue weighted by molar-refractivity contribution is 0.607. The number of rotatable bonds is 4. The van der Waals surface area contributed by atoms with E-state index >= 15 is 0 Å². The predicted octanol–water partition coefficient (Wildman–Crippen LogP) is 2.00. The third kappa shape index (κ3) is 4.11.